The van der Waals surface area contributed by atoms with Gasteiger partial charge in [0.2, 0.25) is 0 Å². The molecule has 1 unspecified atom stereocenters. The van der Waals surface area contributed by atoms with Crippen molar-refractivity contribution in [3.63, 3.8) is 0 Å². The van der Waals surface area contributed by atoms with Crippen LogP contribution in [0.2, 0.25) is 5.02 Å². The molecule has 1 fully saturated rings. The monoisotopic (exact) mass is 390 g/mol. The topological polar surface area (TPSA) is 48.9 Å². The van der Waals surface area contributed by atoms with Gasteiger partial charge in [0.1, 0.15) is 10.8 Å². The Labute approximate surface area is 163 Å². The summed E-state index contributed by atoms with van der Waals surface area (Å²) in [4.78, 5) is 7.42. The fraction of sp³-hybridized carbons (Fsp3) is 0.421. The summed E-state index contributed by atoms with van der Waals surface area (Å²) >= 11 is 7.92. The molecule has 1 aromatic carbocycles. The van der Waals surface area contributed by atoms with E-state index in [9.17, 15) is 0 Å². The number of rotatable bonds is 4. The van der Waals surface area contributed by atoms with Crippen molar-refractivity contribution in [1.82, 2.24) is 10.2 Å². The maximum Gasteiger partial charge on any atom is 0.139 e. The standard InChI is InChI=1S/C19H23ClN4OS/c1-25-9-2-3-14-12-24(8-7-21-14)18-15-6-10-26-19(15)23-16-5-4-13(20)11-17(16)22-18/h4-6,10-11,14,21,23H,2-3,7-9,12H2,1H3. The van der Waals surface area contributed by atoms with Crippen LogP contribution in [0.4, 0.5) is 16.4 Å². The highest BCUT2D eigenvalue weighted by molar-refractivity contribution is 7.14. The summed E-state index contributed by atoms with van der Waals surface area (Å²) in [6.07, 6.45) is 2.17. The lowest BCUT2D eigenvalue weighted by Crippen LogP contribution is -2.52. The molecule has 1 aromatic heterocycles. The van der Waals surface area contributed by atoms with Crippen LogP contribution >= 0.6 is 22.9 Å². The van der Waals surface area contributed by atoms with Crippen LogP contribution in [0.25, 0.3) is 0 Å². The average molecular weight is 391 g/mol. The molecule has 2 aliphatic heterocycles. The van der Waals surface area contributed by atoms with Crippen molar-refractivity contribution in [2.45, 2.75) is 18.9 Å². The summed E-state index contributed by atoms with van der Waals surface area (Å²) in [5.74, 6) is 1.04. The molecule has 0 aliphatic carbocycles. The van der Waals surface area contributed by atoms with Crippen molar-refractivity contribution in [2.24, 2.45) is 4.99 Å². The van der Waals surface area contributed by atoms with Gasteiger partial charge in [-0.2, -0.15) is 0 Å². The Morgan fingerprint density at radius 1 is 1.38 bits per heavy atom. The molecule has 0 spiro atoms. The summed E-state index contributed by atoms with van der Waals surface area (Å²) in [7, 11) is 1.76. The van der Waals surface area contributed by atoms with Crippen LogP contribution in [0.15, 0.2) is 34.6 Å². The van der Waals surface area contributed by atoms with Crippen molar-refractivity contribution in [1.29, 1.82) is 0 Å². The predicted octanol–water partition coefficient (Wildman–Crippen LogP) is 4.24. The molecule has 0 bridgehead atoms. The molecule has 2 N–H and O–H groups in total. The third-order valence-electron chi connectivity index (χ3n) is 4.80. The van der Waals surface area contributed by atoms with Gasteiger partial charge >= 0.3 is 0 Å². The predicted molar refractivity (Wildman–Crippen MR) is 110 cm³/mol. The number of anilines is 2. The van der Waals surface area contributed by atoms with Crippen molar-refractivity contribution >= 4 is 45.1 Å². The molecule has 3 heterocycles. The largest absolute Gasteiger partial charge is 0.385 e. The van der Waals surface area contributed by atoms with Crippen molar-refractivity contribution in [2.75, 3.05) is 38.7 Å². The first-order valence-corrected chi connectivity index (χ1v) is 10.2. The van der Waals surface area contributed by atoms with Gasteiger partial charge in [-0.1, -0.05) is 11.6 Å². The molecule has 1 saturated heterocycles. The number of halogens is 1. The van der Waals surface area contributed by atoms with E-state index in [1.54, 1.807) is 18.4 Å². The molecule has 138 valence electrons. The second-order valence-corrected chi connectivity index (χ2v) is 7.97. The molecular weight excluding hydrogens is 368 g/mol. The highest BCUT2D eigenvalue weighted by Crippen LogP contribution is 2.39. The average Bonchev–Trinajstić information content (AvgIpc) is 3.04. The highest BCUT2D eigenvalue weighted by Gasteiger charge is 2.26. The number of aliphatic imine (C=N–C) groups is 1. The molecule has 0 saturated carbocycles. The third-order valence-corrected chi connectivity index (χ3v) is 5.86. The first-order chi connectivity index (χ1) is 12.7. The van der Waals surface area contributed by atoms with E-state index in [2.05, 4.69) is 27.0 Å². The summed E-state index contributed by atoms with van der Waals surface area (Å²) in [5.41, 5.74) is 3.06. The van der Waals surface area contributed by atoms with Crippen LogP contribution in [0.5, 0.6) is 0 Å². The number of nitrogens with one attached hydrogen (secondary N) is 2. The molecule has 4 rings (SSSR count). The van der Waals surface area contributed by atoms with Gasteiger partial charge in [0, 0.05) is 44.4 Å². The molecule has 26 heavy (non-hydrogen) atoms. The van der Waals surface area contributed by atoms with Crippen molar-refractivity contribution < 1.29 is 4.74 Å². The minimum atomic E-state index is 0.457. The van der Waals surface area contributed by atoms with Gasteiger partial charge in [-0.15, -0.1) is 11.3 Å². The number of amidine groups is 1. The Hall–Kier alpha value is -1.60. The number of methoxy groups -OCH3 is 1. The molecule has 5 nitrogen and oxygen atoms in total. The second kappa shape index (κ2) is 7.96. The lowest BCUT2D eigenvalue weighted by molar-refractivity contribution is 0.182. The molecule has 0 amide bonds. The van der Waals surface area contributed by atoms with E-state index in [4.69, 9.17) is 21.3 Å². The Bertz CT molecular complexity index is 807. The van der Waals surface area contributed by atoms with E-state index < -0.39 is 0 Å². The Balaban J connectivity index is 1.63. The van der Waals surface area contributed by atoms with Crippen molar-refractivity contribution in [3.05, 3.63) is 40.2 Å². The van der Waals surface area contributed by atoms with E-state index >= 15 is 0 Å². The zero-order valence-electron chi connectivity index (χ0n) is 14.8. The summed E-state index contributed by atoms with van der Waals surface area (Å²) in [6.45, 7) is 3.67. The third kappa shape index (κ3) is 3.74. The zero-order chi connectivity index (χ0) is 17.9. The smallest absolute Gasteiger partial charge is 0.139 e. The highest BCUT2D eigenvalue weighted by atomic mass is 35.5. The van der Waals surface area contributed by atoms with Gasteiger partial charge in [0.05, 0.1) is 16.9 Å². The number of hydrogen-bond donors (Lipinski definition) is 2. The summed E-state index contributed by atoms with van der Waals surface area (Å²) in [6, 6.07) is 8.44. The minimum absolute atomic E-state index is 0.457. The van der Waals surface area contributed by atoms with Crippen molar-refractivity contribution in [3.8, 4) is 0 Å². The minimum Gasteiger partial charge on any atom is -0.385 e. The first-order valence-electron chi connectivity index (χ1n) is 8.95. The number of nitrogens with zero attached hydrogens (tertiary/aromatic N) is 2. The molecular formula is C19H23ClN4OS. The fourth-order valence-electron chi connectivity index (χ4n) is 3.51. The maximum atomic E-state index is 6.21. The van der Waals surface area contributed by atoms with E-state index in [1.807, 2.05) is 18.2 Å². The Morgan fingerprint density at radius 2 is 2.31 bits per heavy atom. The molecule has 0 radical (unpaired) electrons. The van der Waals surface area contributed by atoms with Crippen LogP contribution in [-0.4, -0.2) is 50.1 Å². The van der Waals surface area contributed by atoms with Gasteiger partial charge in [-0.25, -0.2) is 4.99 Å². The Kier molecular flexibility index (Phi) is 5.45. The number of piperazine rings is 1. The van der Waals surface area contributed by atoms with E-state index in [0.29, 0.717) is 11.1 Å². The van der Waals surface area contributed by atoms with Gasteiger partial charge in [-0.05, 0) is 42.5 Å². The van der Waals surface area contributed by atoms with E-state index in [1.165, 1.54) is 5.56 Å². The van der Waals surface area contributed by atoms with Crippen LogP contribution in [-0.2, 0) is 4.74 Å². The zero-order valence-corrected chi connectivity index (χ0v) is 16.4. The van der Waals surface area contributed by atoms with E-state index in [0.717, 1.165) is 61.3 Å². The second-order valence-electron chi connectivity index (χ2n) is 6.62. The number of fused-ring (bicyclic) bond motifs is 2. The quantitative estimate of drug-likeness (QED) is 0.767. The molecule has 1 atom stereocenters. The number of ether oxygens (including phenoxy) is 1. The van der Waals surface area contributed by atoms with Gasteiger partial charge in [0.25, 0.3) is 0 Å². The molecule has 2 aliphatic rings. The Morgan fingerprint density at radius 3 is 3.19 bits per heavy atom. The van der Waals surface area contributed by atoms with Gasteiger partial charge in [0.15, 0.2) is 0 Å². The normalized spacial score (nSPS) is 19.2. The summed E-state index contributed by atoms with van der Waals surface area (Å²) < 4.78 is 5.19. The van der Waals surface area contributed by atoms with Crippen LogP contribution < -0.4 is 10.6 Å². The first kappa shape index (κ1) is 17.8. The molecule has 7 heteroatoms. The lowest BCUT2D eigenvalue weighted by Gasteiger charge is -2.35. The maximum absolute atomic E-state index is 6.21. The summed E-state index contributed by atoms with van der Waals surface area (Å²) in [5, 5.41) is 11.1. The van der Waals surface area contributed by atoms with Crippen LogP contribution in [0, 0.1) is 0 Å². The van der Waals surface area contributed by atoms with Gasteiger partial charge < -0.3 is 20.3 Å². The van der Waals surface area contributed by atoms with E-state index in [-0.39, 0.29) is 0 Å². The van der Waals surface area contributed by atoms with Crippen LogP contribution in [0.1, 0.15) is 18.4 Å². The van der Waals surface area contributed by atoms with Crippen LogP contribution in [0.3, 0.4) is 0 Å². The lowest BCUT2D eigenvalue weighted by atomic mass is 10.1. The number of benzene rings is 1. The fourth-order valence-corrected chi connectivity index (χ4v) is 4.47. The number of thiophene rings is 1. The SMILES string of the molecule is COCCCC1CN(C2=Nc3cc(Cl)ccc3Nc3sccc32)CCN1. The molecule has 2 aromatic rings. The van der Waals surface area contributed by atoms with Gasteiger partial charge in [-0.3, -0.25) is 0 Å². The number of hydrogen-bond acceptors (Lipinski definition) is 6.